The van der Waals surface area contributed by atoms with E-state index in [4.69, 9.17) is 18.9 Å². The summed E-state index contributed by atoms with van der Waals surface area (Å²) in [6, 6.07) is 7.53. The summed E-state index contributed by atoms with van der Waals surface area (Å²) in [5.74, 6) is -1.01. The van der Waals surface area contributed by atoms with Gasteiger partial charge in [0.15, 0.2) is 0 Å². The minimum absolute atomic E-state index is 0.0200. The number of epoxide rings is 1. The lowest BCUT2D eigenvalue weighted by molar-refractivity contribution is -0.186. The smallest absolute Gasteiger partial charge is 0.343 e. The average Bonchev–Trinajstić information content (AvgIpc) is 3.74. The van der Waals surface area contributed by atoms with Gasteiger partial charge in [-0.05, 0) is 61.3 Å². The first-order chi connectivity index (χ1) is 22.0. The zero-order chi connectivity index (χ0) is 32.9. The number of benzene rings is 1. The van der Waals surface area contributed by atoms with Crippen molar-refractivity contribution in [3.8, 4) is 0 Å². The zero-order valence-corrected chi connectivity index (χ0v) is 27.7. The number of fused-ring (bicyclic) bond motifs is 1. The Labute approximate surface area is 271 Å². The largest absolute Gasteiger partial charge is 0.462 e. The van der Waals surface area contributed by atoms with E-state index < -0.39 is 29.1 Å². The Balaban J connectivity index is 1.39. The number of anilines is 1. The molecule has 6 rings (SSSR count). The quantitative estimate of drug-likeness (QED) is 0.250. The molecule has 46 heavy (non-hydrogen) atoms. The summed E-state index contributed by atoms with van der Waals surface area (Å²) >= 11 is 0. The predicted octanol–water partition coefficient (Wildman–Crippen LogP) is 3.33. The number of nitrogens with zero attached hydrogens (tertiary/aromatic N) is 2. The lowest BCUT2D eigenvalue weighted by Gasteiger charge is -2.63. The van der Waals surface area contributed by atoms with E-state index in [1.165, 1.54) is 0 Å². The van der Waals surface area contributed by atoms with Crippen molar-refractivity contribution in [3.05, 3.63) is 59.4 Å². The second kappa shape index (κ2) is 12.5. The van der Waals surface area contributed by atoms with Crippen LogP contribution in [0.4, 0.5) is 5.69 Å². The van der Waals surface area contributed by atoms with Gasteiger partial charge in [-0.15, -0.1) is 0 Å². The van der Waals surface area contributed by atoms with E-state index in [2.05, 4.69) is 17.9 Å². The average molecular weight is 637 g/mol. The van der Waals surface area contributed by atoms with Gasteiger partial charge in [0.25, 0.3) is 0 Å². The van der Waals surface area contributed by atoms with E-state index in [1.807, 2.05) is 56.3 Å². The minimum atomic E-state index is -0.668. The maximum Gasteiger partial charge on any atom is 0.343 e. The Bertz CT molecular complexity index is 1420. The predicted molar refractivity (Wildman–Crippen MR) is 173 cm³/mol. The SMILES string of the molecule is CCOC(=O)C(=C1C=C(C=CC2C3(CO3)C(N3CCOCC3)CC3[C@]2(C)CC[C@@H](O)[C@@]3(C)CO)C(=O)O1)c1ccc(N(C)C)cc1. The fraction of sp³-hybridized carbons (Fsp3) is 0.611. The van der Waals surface area contributed by atoms with Gasteiger partial charge in [0.05, 0.1) is 44.7 Å². The molecular weight excluding hydrogens is 588 g/mol. The van der Waals surface area contributed by atoms with Crippen molar-refractivity contribution in [2.45, 2.75) is 57.8 Å². The summed E-state index contributed by atoms with van der Waals surface area (Å²) in [5.41, 5.74) is 0.701. The number of ether oxygens (including phenoxy) is 4. The third-order valence-corrected chi connectivity index (χ3v) is 11.5. The Morgan fingerprint density at radius 1 is 1.17 bits per heavy atom. The molecule has 0 aromatic heterocycles. The second-order valence-corrected chi connectivity index (χ2v) is 14.1. The van der Waals surface area contributed by atoms with Gasteiger partial charge in [-0.2, -0.15) is 0 Å². The Hall–Kier alpha value is -3.02. The van der Waals surface area contributed by atoms with Gasteiger partial charge in [0.2, 0.25) is 0 Å². The summed E-state index contributed by atoms with van der Waals surface area (Å²) in [5, 5.41) is 21.9. The van der Waals surface area contributed by atoms with Crippen LogP contribution in [-0.2, 0) is 28.5 Å². The fourth-order valence-electron chi connectivity index (χ4n) is 8.75. The number of aliphatic hydroxyl groups is 2. The normalized spacial score (nSPS) is 37.1. The van der Waals surface area contributed by atoms with E-state index in [1.54, 1.807) is 13.0 Å². The molecule has 1 aromatic rings. The minimum Gasteiger partial charge on any atom is -0.462 e. The highest BCUT2D eigenvalue weighted by atomic mass is 16.6. The number of esters is 2. The van der Waals surface area contributed by atoms with Crippen molar-refractivity contribution in [1.29, 1.82) is 0 Å². The van der Waals surface area contributed by atoms with Crippen LogP contribution in [0.25, 0.3) is 5.57 Å². The second-order valence-electron chi connectivity index (χ2n) is 14.1. The number of hydrogen-bond donors (Lipinski definition) is 2. The molecule has 2 N–H and O–H groups in total. The van der Waals surface area contributed by atoms with Gasteiger partial charge in [0.1, 0.15) is 16.9 Å². The first kappa shape index (κ1) is 32.9. The first-order valence-corrected chi connectivity index (χ1v) is 16.5. The molecule has 1 spiro atoms. The molecule has 2 saturated heterocycles. The van der Waals surface area contributed by atoms with Crippen LogP contribution >= 0.6 is 0 Å². The summed E-state index contributed by atoms with van der Waals surface area (Å²) in [7, 11) is 3.88. The van der Waals surface area contributed by atoms with Crippen LogP contribution < -0.4 is 4.90 Å². The number of rotatable bonds is 8. The van der Waals surface area contributed by atoms with Crippen molar-refractivity contribution in [1.82, 2.24) is 4.90 Å². The number of carbonyl (C=O) groups excluding carboxylic acids is 2. The number of carbonyl (C=O) groups is 2. The van der Waals surface area contributed by atoms with Crippen molar-refractivity contribution >= 4 is 23.2 Å². The summed E-state index contributed by atoms with van der Waals surface area (Å²) < 4.78 is 23.2. The molecule has 1 aromatic carbocycles. The molecule has 3 aliphatic heterocycles. The molecule has 10 nitrogen and oxygen atoms in total. The number of aliphatic hydroxyl groups excluding tert-OH is 2. The molecule has 2 aliphatic carbocycles. The molecule has 0 radical (unpaired) electrons. The summed E-state index contributed by atoms with van der Waals surface area (Å²) in [6.45, 7) is 9.61. The highest BCUT2D eigenvalue weighted by Gasteiger charge is 2.71. The number of allylic oxidation sites excluding steroid dienone is 1. The van der Waals surface area contributed by atoms with E-state index >= 15 is 0 Å². The van der Waals surface area contributed by atoms with E-state index in [0.717, 1.165) is 31.6 Å². The van der Waals surface area contributed by atoms with Crippen molar-refractivity contribution in [3.63, 3.8) is 0 Å². The van der Waals surface area contributed by atoms with Crippen molar-refractivity contribution < 1.29 is 38.7 Å². The highest BCUT2D eigenvalue weighted by molar-refractivity contribution is 6.19. The van der Waals surface area contributed by atoms with Crippen molar-refractivity contribution in [2.24, 2.45) is 22.7 Å². The van der Waals surface area contributed by atoms with Gasteiger partial charge < -0.3 is 34.1 Å². The van der Waals surface area contributed by atoms with Gasteiger partial charge in [-0.3, -0.25) is 4.90 Å². The lowest BCUT2D eigenvalue weighted by atomic mass is 9.44. The third-order valence-electron chi connectivity index (χ3n) is 11.5. The third kappa shape index (κ3) is 5.52. The standard InChI is InChI=1S/C36H48N2O8/c1-6-44-33(42)31(23-7-10-25(11-8-23)37(4)5)26-19-24(32(41)46-26)9-12-27-34(2)14-13-30(40)35(3,21-39)28(34)20-29(36(27)22-45-36)38-15-17-43-18-16-38/h7-12,19,27-30,39-40H,6,13-18,20-22H2,1-5H3/t27?,28?,29?,30-,34-,35+,36?/m1/s1. The Morgan fingerprint density at radius 2 is 1.87 bits per heavy atom. The van der Waals surface area contributed by atoms with E-state index in [0.29, 0.717) is 37.4 Å². The number of cyclic esters (lactones) is 1. The van der Waals surface area contributed by atoms with E-state index in [-0.39, 0.29) is 47.8 Å². The molecule has 7 atom stereocenters. The topological polar surface area (TPSA) is 121 Å². The van der Waals surface area contributed by atoms with Crippen molar-refractivity contribution in [2.75, 3.05) is 65.1 Å². The molecule has 250 valence electrons. The molecule has 10 heteroatoms. The number of morpholine rings is 1. The van der Waals surface area contributed by atoms with Crippen LogP contribution in [0.5, 0.6) is 0 Å². The molecule has 3 heterocycles. The Morgan fingerprint density at radius 3 is 2.48 bits per heavy atom. The molecule has 0 bridgehead atoms. The van der Waals surface area contributed by atoms with Crippen LogP contribution in [0.2, 0.25) is 0 Å². The Kier molecular flexibility index (Phi) is 8.97. The van der Waals surface area contributed by atoms with Gasteiger partial charge >= 0.3 is 11.9 Å². The van der Waals surface area contributed by atoms with Crippen LogP contribution in [-0.4, -0.2) is 105 Å². The van der Waals surface area contributed by atoms with Crippen LogP contribution in [0.1, 0.15) is 45.6 Å². The number of hydrogen-bond acceptors (Lipinski definition) is 10. The van der Waals surface area contributed by atoms with Crippen LogP contribution in [0.15, 0.2) is 53.8 Å². The molecule has 4 unspecified atom stereocenters. The molecule has 0 amide bonds. The van der Waals surface area contributed by atoms with Gasteiger partial charge in [-0.25, -0.2) is 9.59 Å². The summed E-state index contributed by atoms with van der Waals surface area (Å²) in [4.78, 5) is 30.9. The van der Waals surface area contributed by atoms with Gasteiger partial charge in [0, 0.05) is 50.2 Å². The van der Waals surface area contributed by atoms with Gasteiger partial charge in [-0.1, -0.05) is 38.1 Å². The molecular formula is C36H48N2O8. The molecule has 2 saturated carbocycles. The van der Waals surface area contributed by atoms with Crippen LogP contribution in [0, 0.1) is 22.7 Å². The summed E-state index contributed by atoms with van der Waals surface area (Å²) in [6.07, 6.45) is 7.08. The molecule has 5 aliphatic rings. The fourth-order valence-corrected chi connectivity index (χ4v) is 8.75. The van der Waals surface area contributed by atoms with E-state index in [9.17, 15) is 19.8 Å². The monoisotopic (exact) mass is 636 g/mol. The van der Waals surface area contributed by atoms with Crippen LogP contribution in [0.3, 0.4) is 0 Å². The maximum atomic E-state index is 13.3. The zero-order valence-electron chi connectivity index (χ0n) is 27.7. The lowest BCUT2D eigenvalue weighted by Crippen LogP contribution is -2.67. The first-order valence-electron chi connectivity index (χ1n) is 16.5. The maximum absolute atomic E-state index is 13.3. The highest BCUT2D eigenvalue weighted by Crippen LogP contribution is 2.66. The molecule has 4 fully saturated rings.